The summed E-state index contributed by atoms with van der Waals surface area (Å²) in [5.41, 5.74) is 0. The van der Waals surface area contributed by atoms with Gasteiger partial charge in [-0.05, 0) is 0 Å². The molecule has 0 atom stereocenters. The van der Waals surface area contributed by atoms with Gasteiger partial charge in [0.2, 0.25) is 0 Å². The van der Waals surface area contributed by atoms with Crippen molar-refractivity contribution in [2.24, 2.45) is 0 Å². The Morgan fingerprint density at radius 1 is 1.80 bits per heavy atom. The first kappa shape index (κ1) is 8.90. The van der Waals surface area contributed by atoms with Gasteiger partial charge in [0.25, 0.3) is 0 Å². The third-order valence-electron chi connectivity index (χ3n) is 0. The molecule has 5 heavy (non-hydrogen) atoms. The van der Waals surface area contributed by atoms with Gasteiger partial charge in [0, 0.05) is 0 Å². The quantitative estimate of drug-likeness (QED) is 0.486. The van der Waals surface area contributed by atoms with Crippen LogP contribution in [0.25, 0.3) is 0 Å². The summed E-state index contributed by atoms with van der Waals surface area (Å²) < 4.78 is -0.528. The van der Waals surface area contributed by atoms with Crippen molar-refractivity contribution in [3.63, 3.8) is 0 Å². The summed E-state index contributed by atoms with van der Waals surface area (Å²) in [7, 11) is 0. The zero-order chi connectivity index (χ0) is 3.58. The Bertz CT molecular complexity index is 30.6. The summed E-state index contributed by atoms with van der Waals surface area (Å²) in [5, 5.41) is 8.79. The normalized spacial score (nSPS) is 5.20. The maximum atomic E-state index is 8.79. The summed E-state index contributed by atoms with van der Waals surface area (Å²) in [5.74, 6) is 0. The third-order valence-corrected chi connectivity index (χ3v) is 0. The number of nitrogens with zero attached hydrogens (tertiary/aromatic N) is 1. The van der Waals surface area contributed by atoms with Crippen molar-refractivity contribution in [1.29, 1.82) is 0 Å². The maximum absolute atomic E-state index is 8.79. The van der Waals surface area contributed by atoms with Crippen LogP contribution in [0.1, 0.15) is 0 Å². The zero-order valence-electron chi connectivity index (χ0n) is 2.29. The first-order valence-corrected chi connectivity index (χ1v) is 1.52. The predicted molar refractivity (Wildman–Crippen MR) is 12.0 cm³/mol. The summed E-state index contributed by atoms with van der Waals surface area (Å²) in [6.45, 7) is 0. The van der Waals surface area contributed by atoms with Gasteiger partial charge in [0.15, 0.2) is 0 Å². The molecular formula is H3N2O2Pt. The van der Waals surface area contributed by atoms with Crippen molar-refractivity contribution in [3.8, 4) is 0 Å². The number of rotatable bonds is 0. The molecule has 0 bridgehead atoms. The molecule has 0 aromatic heterocycles. The zero-order valence-corrected chi connectivity index (χ0v) is 4.56. The Hall–Kier alpha value is 0.0483. The molecule has 0 saturated carbocycles. The van der Waals surface area contributed by atoms with Crippen LogP contribution in [0.15, 0.2) is 0 Å². The topological polar surface area (TPSA) is 78.1 Å². The van der Waals surface area contributed by atoms with Crippen molar-refractivity contribution < 1.29 is 23.5 Å². The van der Waals surface area contributed by atoms with Gasteiger partial charge in [-0.2, -0.15) is 0 Å². The van der Waals surface area contributed by atoms with Crippen molar-refractivity contribution in [3.05, 3.63) is 10.1 Å². The van der Waals surface area contributed by atoms with E-state index < -0.39 is 3.48 Å². The minimum absolute atomic E-state index is 0. The molecule has 0 fully saturated rings. The van der Waals surface area contributed by atoms with Gasteiger partial charge in [0.1, 0.15) is 0 Å². The first-order valence-electron chi connectivity index (χ1n) is 0.507. The Balaban J connectivity index is 0. The molecule has 3 N–H and O–H groups in total. The van der Waals surface area contributed by atoms with Crippen LogP contribution in [-0.2, 0) is 20.1 Å². The summed E-state index contributed by atoms with van der Waals surface area (Å²) >= 11 is 1.05. The van der Waals surface area contributed by atoms with Crippen LogP contribution in [0.3, 0.4) is 0 Å². The fourth-order valence-corrected chi connectivity index (χ4v) is 0. The van der Waals surface area contributed by atoms with E-state index in [4.69, 9.17) is 10.1 Å². The van der Waals surface area contributed by atoms with Gasteiger partial charge in [0.05, 0.1) is 0 Å². The second kappa shape index (κ2) is 4.05. The van der Waals surface area contributed by atoms with Crippen molar-refractivity contribution in [2.45, 2.75) is 0 Å². The Morgan fingerprint density at radius 3 is 1.80 bits per heavy atom. The summed E-state index contributed by atoms with van der Waals surface area (Å²) in [6.07, 6.45) is 0. The van der Waals surface area contributed by atoms with E-state index in [0.717, 1.165) is 20.1 Å². The predicted octanol–water partition coefficient (Wildman–Crippen LogP) is -0.113. The summed E-state index contributed by atoms with van der Waals surface area (Å²) in [4.78, 5) is 8.79. The standard InChI is InChI=1S/NO2.H3N.Pt/c2-1-3;;/h;1H3;. The molecule has 0 saturated heterocycles. The Kier molecular flexibility index (Phi) is 7.21. The van der Waals surface area contributed by atoms with E-state index in [-0.39, 0.29) is 6.15 Å². The second-order valence-corrected chi connectivity index (χ2v) is 1.02. The monoisotopic (exact) mass is 258 g/mol. The van der Waals surface area contributed by atoms with Gasteiger partial charge in [-0.15, -0.1) is 0 Å². The van der Waals surface area contributed by atoms with E-state index in [1.807, 2.05) is 0 Å². The van der Waals surface area contributed by atoms with E-state index in [0.29, 0.717) is 0 Å². The van der Waals surface area contributed by atoms with Crippen molar-refractivity contribution in [1.82, 2.24) is 6.15 Å². The van der Waals surface area contributed by atoms with E-state index >= 15 is 0 Å². The van der Waals surface area contributed by atoms with Gasteiger partial charge < -0.3 is 6.15 Å². The molecule has 0 heterocycles. The van der Waals surface area contributed by atoms with Crippen LogP contribution < -0.4 is 6.15 Å². The van der Waals surface area contributed by atoms with Crippen LogP contribution in [-0.4, -0.2) is 3.48 Å². The average molecular weight is 258 g/mol. The SMILES string of the molecule is N.O=[N+]([O-])[Pt]. The molecule has 35 valence electrons. The molecule has 0 unspecified atom stereocenters. The van der Waals surface area contributed by atoms with Gasteiger partial charge in [-0.3, -0.25) is 0 Å². The Labute approximate surface area is 40.5 Å². The molecule has 0 aromatic carbocycles. The van der Waals surface area contributed by atoms with Crippen LogP contribution in [0.4, 0.5) is 0 Å². The van der Waals surface area contributed by atoms with E-state index in [2.05, 4.69) is 0 Å². The number of nitro groups is 1. The molecule has 0 amide bonds. The van der Waals surface area contributed by atoms with Gasteiger partial charge in [-0.1, -0.05) is 0 Å². The minimum atomic E-state index is -0.528. The molecule has 0 radical (unpaired) electrons. The molecule has 0 aliphatic carbocycles. The third kappa shape index (κ3) is 7280. The second-order valence-electron chi connectivity index (χ2n) is 0.190. The van der Waals surface area contributed by atoms with Crippen LogP contribution in [0.2, 0.25) is 0 Å². The molecule has 5 heteroatoms. The molecule has 0 aromatic rings. The van der Waals surface area contributed by atoms with E-state index in [1.165, 1.54) is 0 Å². The molecule has 0 spiro atoms. The average Bonchev–Trinajstić information content (AvgIpc) is 0.811. The molecular weight excluding hydrogens is 255 g/mol. The molecule has 0 aliphatic heterocycles. The number of hydrogen-bond donors (Lipinski definition) is 1. The fraction of sp³-hybridized carbons (Fsp3) is 0. The van der Waals surface area contributed by atoms with Crippen LogP contribution in [0, 0.1) is 10.1 Å². The van der Waals surface area contributed by atoms with E-state index in [9.17, 15) is 0 Å². The van der Waals surface area contributed by atoms with Crippen molar-refractivity contribution in [2.75, 3.05) is 0 Å². The first-order chi connectivity index (χ1) is 1.73. The molecule has 0 aliphatic rings. The van der Waals surface area contributed by atoms with Crippen LogP contribution >= 0.6 is 0 Å². The van der Waals surface area contributed by atoms with Crippen molar-refractivity contribution >= 4 is 0 Å². The van der Waals surface area contributed by atoms with Crippen LogP contribution in [0.5, 0.6) is 0 Å². The fourth-order valence-electron chi connectivity index (χ4n) is 0. The van der Waals surface area contributed by atoms with Gasteiger partial charge >= 0.3 is 33.7 Å². The summed E-state index contributed by atoms with van der Waals surface area (Å²) in [6, 6.07) is 0. The Morgan fingerprint density at radius 2 is 1.80 bits per heavy atom. The number of hydrogen-bond acceptors (Lipinski definition) is 3. The molecule has 4 nitrogen and oxygen atoms in total. The van der Waals surface area contributed by atoms with E-state index in [1.54, 1.807) is 0 Å². The van der Waals surface area contributed by atoms with Gasteiger partial charge in [-0.25, -0.2) is 0 Å². The molecule has 0 rings (SSSR count).